The lowest BCUT2D eigenvalue weighted by Crippen LogP contribution is -2.06. The van der Waals surface area contributed by atoms with Crippen LogP contribution in [0.2, 0.25) is 0 Å². The van der Waals surface area contributed by atoms with E-state index >= 15 is 0 Å². The summed E-state index contributed by atoms with van der Waals surface area (Å²) in [6.07, 6.45) is 6.36. The van der Waals surface area contributed by atoms with E-state index in [1.807, 2.05) is 24.5 Å². The second kappa shape index (κ2) is 8.52. The molecule has 1 aromatic heterocycles. The van der Waals surface area contributed by atoms with Crippen LogP contribution in [0.25, 0.3) is 11.3 Å². The van der Waals surface area contributed by atoms with Crippen LogP contribution in [0.15, 0.2) is 60.9 Å². The summed E-state index contributed by atoms with van der Waals surface area (Å²) in [5, 5.41) is 0. The second-order valence-corrected chi connectivity index (χ2v) is 6.26. The first-order valence-electron chi connectivity index (χ1n) is 9.04. The Kier molecular flexibility index (Phi) is 5.89. The predicted octanol–water partition coefficient (Wildman–Crippen LogP) is 5.14. The molecule has 0 spiro atoms. The van der Waals surface area contributed by atoms with Crippen LogP contribution in [-0.4, -0.2) is 16.7 Å². The zero-order valence-electron chi connectivity index (χ0n) is 15.1. The number of benzene rings is 2. The predicted molar refractivity (Wildman–Crippen MR) is 103 cm³/mol. The molecule has 0 aliphatic carbocycles. The molecule has 0 aliphatic heterocycles. The SMILES string of the molecule is CCCCc1c(-c2ccccc2)ncn1CCc1ccccc1OC. The Balaban J connectivity index is 1.84. The monoisotopic (exact) mass is 334 g/mol. The van der Waals surface area contributed by atoms with Crippen molar-refractivity contribution in [3.8, 4) is 17.0 Å². The van der Waals surface area contributed by atoms with Crippen LogP contribution in [0, 0.1) is 0 Å². The average Bonchev–Trinajstić information content (AvgIpc) is 3.08. The molecule has 0 saturated heterocycles. The molecule has 1 heterocycles. The zero-order valence-corrected chi connectivity index (χ0v) is 15.1. The van der Waals surface area contributed by atoms with Crippen LogP contribution in [0.4, 0.5) is 0 Å². The van der Waals surface area contributed by atoms with Gasteiger partial charge in [0.15, 0.2) is 0 Å². The first-order valence-corrected chi connectivity index (χ1v) is 9.04. The van der Waals surface area contributed by atoms with Gasteiger partial charge in [-0.05, 0) is 30.9 Å². The first-order chi connectivity index (χ1) is 12.3. The smallest absolute Gasteiger partial charge is 0.122 e. The van der Waals surface area contributed by atoms with E-state index in [-0.39, 0.29) is 0 Å². The maximum atomic E-state index is 5.48. The lowest BCUT2D eigenvalue weighted by molar-refractivity contribution is 0.408. The highest BCUT2D eigenvalue weighted by Gasteiger charge is 2.13. The van der Waals surface area contributed by atoms with E-state index in [0.717, 1.165) is 30.8 Å². The molecule has 0 aliphatic rings. The molecule has 0 fully saturated rings. The highest BCUT2D eigenvalue weighted by atomic mass is 16.5. The minimum Gasteiger partial charge on any atom is -0.496 e. The summed E-state index contributed by atoms with van der Waals surface area (Å²) in [6, 6.07) is 18.7. The fourth-order valence-corrected chi connectivity index (χ4v) is 3.19. The molecular weight excluding hydrogens is 308 g/mol. The Morgan fingerprint density at radius 2 is 1.72 bits per heavy atom. The number of unbranched alkanes of at least 4 members (excludes halogenated alkanes) is 1. The Bertz CT molecular complexity index is 793. The molecule has 0 unspecified atom stereocenters. The number of hydrogen-bond donors (Lipinski definition) is 0. The molecule has 0 saturated carbocycles. The van der Waals surface area contributed by atoms with E-state index in [9.17, 15) is 0 Å². The fraction of sp³-hybridized carbons (Fsp3) is 0.318. The first kappa shape index (κ1) is 17.3. The molecule has 2 aromatic carbocycles. The normalized spacial score (nSPS) is 10.8. The van der Waals surface area contributed by atoms with Crippen molar-refractivity contribution in [2.45, 2.75) is 39.2 Å². The number of para-hydroxylation sites is 1. The van der Waals surface area contributed by atoms with Gasteiger partial charge >= 0.3 is 0 Å². The number of aryl methyl sites for hydroxylation is 2. The van der Waals surface area contributed by atoms with Gasteiger partial charge in [-0.1, -0.05) is 61.9 Å². The largest absolute Gasteiger partial charge is 0.496 e. The average molecular weight is 334 g/mol. The van der Waals surface area contributed by atoms with E-state index < -0.39 is 0 Å². The maximum absolute atomic E-state index is 5.48. The van der Waals surface area contributed by atoms with Gasteiger partial charge in [-0.25, -0.2) is 4.98 Å². The standard InChI is InChI=1S/C22H26N2O/c1-3-4-13-20-22(19-11-6-5-7-12-19)23-17-24(20)16-15-18-10-8-9-14-21(18)25-2/h5-12,14,17H,3-4,13,15-16H2,1-2H3. The third-order valence-electron chi connectivity index (χ3n) is 4.58. The van der Waals surface area contributed by atoms with Gasteiger partial charge in [0.25, 0.3) is 0 Å². The molecule has 130 valence electrons. The minimum atomic E-state index is 0.916. The van der Waals surface area contributed by atoms with Crippen molar-refractivity contribution in [2.24, 2.45) is 0 Å². The number of nitrogens with zero attached hydrogens (tertiary/aromatic N) is 2. The van der Waals surface area contributed by atoms with Crippen molar-refractivity contribution in [2.75, 3.05) is 7.11 Å². The summed E-state index contributed by atoms with van der Waals surface area (Å²) < 4.78 is 7.79. The van der Waals surface area contributed by atoms with Crippen molar-refractivity contribution in [1.29, 1.82) is 0 Å². The Hall–Kier alpha value is -2.55. The number of imidazole rings is 1. The van der Waals surface area contributed by atoms with Gasteiger partial charge in [-0.2, -0.15) is 0 Å². The van der Waals surface area contributed by atoms with Crippen molar-refractivity contribution in [3.05, 3.63) is 72.2 Å². The summed E-state index contributed by atoms with van der Waals surface area (Å²) in [7, 11) is 1.73. The van der Waals surface area contributed by atoms with Gasteiger partial charge in [-0.15, -0.1) is 0 Å². The Labute approximate surface area is 150 Å². The summed E-state index contributed by atoms with van der Waals surface area (Å²) in [5.74, 6) is 0.959. The lowest BCUT2D eigenvalue weighted by atomic mass is 10.1. The topological polar surface area (TPSA) is 27.1 Å². The van der Waals surface area contributed by atoms with Gasteiger partial charge in [-0.3, -0.25) is 0 Å². The number of rotatable bonds is 8. The molecule has 0 bridgehead atoms. The zero-order chi connectivity index (χ0) is 17.5. The summed E-state index contributed by atoms with van der Waals surface area (Å²) in [6.45, 7) is 3.15. The van der Waals surface area contributed by atoms with Crippen LogP contribution in [0.3, 0.4) is 0 Å². The van der Waals surface area contributed by atoms with E-state index in [0.29, 0.717) is 0 Å². The van der Waals surface area contributed by atoms with Crippen molar-refractivity contribution < 1.29 is 4.74 Å². The van der Waals surface area contributed by atoms with Gasteiger partial charge in [0.1, 0.15) is 5.75 Å². The van der Waals surface area contributed by atoms with Crippen molar-refractivity contribution >= 4 is 0 Å². The molecule has 3 rings (SSSR count). The number of hydrogen-bond acceptors (Lipinski definition) is 2. The van der Waals surface area contributed by atoms with Crippen molar-refractivity contribution in [3.63, 3.8) is 0 Å². The molecule has 0 atom stereocenters. The highest BCUT2D eigenvalue weighted by Crippen LogP contribution is 2.25. The number of methoxy groups -OCH3 is 1. The molecule has 3 nitrogen and oxygen atoms in total. The van der Waals surface area contributed by atoms with E-state index in [4.69, 9.17) is 9.72 Å². The highest BCUT2D eigenvalue weighted by molar-refractivity contribution is 5.61. The maximum Gasteiger partial charge on any atom is 0.122 e. The third-order valence-corrected chi connectivity index (χ3v) is 4.58. The van der Waals surface area contributed by atoms with E-state index in [2.05, 4.69) is 47.9 Å². The fourth-order valence-electron chi connectivity index (χ4n) is 3.19. The van der Waals surface area contributed by atoms with Gasteiger partial charge in [0.05, 0.1) is 19.1 Å². The summed E-state index contributed by atoms with van der Waals surface area (Å²) in [4.78, 5) is 4.73. The molecular formula is C22H26N2O. The van der Waals surface area contributed by atoms with E-state index in [1.165, 1.54) is 29.7 Å². The van der Waals surface area contributed by atoms with Gasteiger partial charge in [0, 0.05) is 17.8 Å². The molecule has 0 N–H and O–H groups in total. The lowest BCUT2D eigenvalue weighted by Gasteiger charge is -2.12. The van der Waals surface area contributed by atoms with Crippen LogP contribution in [-0.2, 0) is 19.4 Å². The summed E-state index contributed by atoms with van der Waals surface area (Å²) >= 11 is 0. The van der Waals surface area contributed by atoms with E-state index in [1.54, 1.807) is 7.11 Å². The number of ether oxygens (including phenoxy) is 1. The van der Waals surface area contributed by atoms with Crippen LogP contribution < -0.4 is 4.74 Å². The van der Waals surface area contributed by atoms with Crippen LogP contribution in [0.5, 0.6) is 5.75 Å². The quantitative estimate of drug-likeness (QED) is 0.570. The van der Waals surface area contributed by atoms with Crippen LogP contribution in [0.1, 0.15) is 31.0 Å². The molecule has 3 aromatic rings. The molecule has 25 heavy (non-hydrogen) atoms. The third kappa shape index (κ3) is 4.11. The minimum absolute atomic E-state index is 0.916. The Morgan fingerprint density at radius 3 is 2.48 bits per heavy atom. The Morgan fingerprint density at radius 1 is 0.960 bits per heavy atom. The van der Waals surface area contributed by atoms with Gasteiger partial charge < -0.3 is 9.30 Å². The number of aromatic nitrogens is 2. The van der Waals surface area contributed by atoms with Crippen molar-refractivity contribution in [1.82, 2.24) is 9.55 Å². The van der Waals surface area contributed by atoms with Gasteiger partial charge in [0.2, 0.25) is 0 Å². The van der Waals surface area contributed by atoms with Crippen LogP contribution >= 0.6 is 0 Å². The molecule has 0 amide bonds. The molecule has 0 radical (unpaired) electrons. The summed E-state index contributed by atoms with van der Waals surface area (Å²) in [5.41, 5.74) is 4.89. The molecule has 3 heteroatoms. The second-order valence-electron chi connectivity index (χ2n) is 6.26.